The summed E-state index contributed by atoms with van der Waals surface area (Å²) >= 11 is 9.47. The Morgan fingerprint density at radius 2 is 1.76 bits per heavy atom. The van der Waals surface area contributed by atoms with Crippen molar-refractivity contribution in [2.75, 3.05) is 5.88 Å². The fourth-order valence-electron chi connectivity index (χ4n) is 2.21. The predicted molar refractivity (Wildman–Crippen MR) is 82.8 cm³/mol. The molecule has 2 aromatic rings. The van der Waals surface area contributed by atoms with Crippen LogP contribution in [0.25, 0.3) is 0 Å². The van der Waals surface area contributed by atoms with Crippen LogP contribution >= 0.6 is 27.5 Å². The molecule has 0 amide bonds. The molecule has 0 aliphatic rings. The van der Waals surface area contributed by atoms with Crippen LogP contribution in [0.15, 0.2) is 53.0 Å². The predicted octanol–water partition coefficient (Wildman–Crippen LogP) is 6.03. The molecular formula is C16H13BrClF3. The second-order valence-corrected chi connectivity index (χ2v) is 5.94. The Kier molecular flexibility index (Phi) is 5.33. The molecule has 0 N–H and O–H groups in total. The van der Waals surface area contributed by atoms with Gasteiger partial charge in [-0.25, -0.2) is 0 Å². The monoisotopic (exact) mass is 376 g/mol. The Hall–Kier alpha value is -1.00. The summed E-state index contributed by atoms with van der Waals surface area (Å²) in [7, 11) is 0. The molecule has 1 unspecified atom stereocenters. The summed E-state index contributed by atoms with van der Waals surface area (Å²) in [5.41, 5.74) is 1.01. The average molecular weight is 378 g/mol. The molecule has 0 fully saturated rings. The molecule has 0 aliphatic heterocycles. The molecule has 112 valence electrons. The van der Waals surface area contributed by atoms with Crippen molar-refractivity contribution in [3.63, 3.8) is 0 Å². The minimum Gasteiger partial charge on any atom is -0.166 e. The second kappa shape index (κ2) is 6.84. The lowest BCUT2D eigenvalue weighted by molar-refractivity contribution is -0.137. The van der Waals surface area contributed by atoms with E-state index in [1.54, 1.807) is 6.07 Å². The van der Waals surface area contributed by atoms with Crippen LogP contribution < -0.4 is 0 Å². The second-order valence-electron chi connectivity index (χ2n) is 4.78. The smallest absolute Gasteiger partial charge is 0.166 e. The van der Waals surface area contributed by atoms with Crippen LogP contribution in [0.5, 0.6) is 0 Å². The van der Waals surface area contributed by atoms with Crippen molar-refractivity contribution in [2.45, 2.75) is 18.5 Å². The fourth-order valence-corrected chi connectivity index (χ4v) is 3.10. The van der Waals surface area contributed by atoms with Gasteiger partial charge in [0, 0.05) is 16.3 Å². The van der Waals surface area contributed by atoms with Crippen LogP contribution in [0, 0.1) is 0 Å². The van der Waals surface area contributed by atoms with Crippen molar-refractivity contribution in [3.05, 3.63) is 69.7 Å². The molecule has 0 nitrogen and oxygen atoms in total. The summed E-state index contributed by atoms with van der Waals surface area (Å²) in [5.74, 6) is 0.310. The van der Waals surface area contributed by atoms with Crippen molar-refractivity contribution in [3.8, 4) is 0 Å². The lowest BCUT2D eigenvalue weighted by atomic mass is 9.93. The summed E-state index contributed by atoms with van der Waals surface area (Å²) in [6.07, 6.45) is -3.85. The van der Waals surface area contributed by atoms with Crippen LogP contribution in [0.4, 0.5) is 13.2 Å². The van der Waals surface area contributed by atoms with E-state index >= 15 is 0 Å². The summed E-state index contributed by atoms with van der Waals surface area (Å²) in [6.45, 7) is 0. The molecule has 2 aromatic carbocycles. The van der Waals surface area contributed by atoms with Gasteiger partial charge in [-0.15, -0.1) is 11.6 Å². The maximum atomic E-state index is 12.7. The average Bonchev–Trinajstić information content (AvgIpc) is 2.45. The first kappa shape index (κ1) is 16.4. The van der Waals surface area contributed by atoms with Crippen molar-refractivity contribution >= 4 is 27.5 Å². The molecule has 1 atom stereocenters. The van der Waals surface area contributed by atoms with Crippen LogP contribution in [-0.2, 0) is 12.6 Å². The van der Waals surface area contributed by atoms with Crippen molar-refractivity contribution in [1.82, 2.24) is 0 Å². The molecule has 0 saturated heterocycles. The van der Waals surface area contributed by atoms with Crippen LogP contribution in [0.3, 0.4) is 0 Å². The Balaban J connectivity index is 2.26. The van der Waals surface area contributed by atoms with Crippen LogP contribution in [0.1, 0.15) is 22.6 Å². The molecular weight excluding hydrogens is 365 g/mol. The molecule has 0 spiro atoms. The quantitative estimate of drug-likeness (QED) is 0.570. The molecule has 0 bridgehead atoms. The summed E-state index contributed by atoms with van der Waals surface area (Å²) in [6, 6.07) is 13.0. The van der Waals surface area contributed by atoms with Gasteiger partial charge in [0.15, 0.2) is 0 Å². The van der Waals surface area contributed by atoms with E-state index in [2.05, 4.69) is 15.9 Å². The lowest BCUT2D eigenvalue weighted by Gasteiger charge is -2.17. The minimum absolute atomic E-state index is 0.0364. The van der Waals surface area contributed by atoms with Gasteiger partial charge in [0.25, 0.3) is 0 Å². The van der Waals surface area contributed by atoms with Crippen molar-refractivity contribution < 1.29 is 13.2 Å². The van der Waals surface area contributed by atoms with Crippen molar-refractivity contribution in [2.24, 2.45) is 0 Å². The Morgan fingerprint density at radius 3 is 2.38 bits per heavy atom. The molecule has 21 heavy (non-hydrogen) atoms. The maximum absolute atomic E-state index is 12.7. The van der Waals surface area contributed by atoms with Crippen LogP contribution in [-0.4, -0.2) is 5.88 Å². The van der Waals surface area contributed by atoms with Gasteiger partial charge in [-0.05, 0) is 29.7 Å². The van der Waals surface area contributed by atoms with Crippen molar-refractivity contribution in [1.29, 1.82) is 0 Å². The summed E-state index contributed by atoms with van der Waals surface area (Å²) in [5, 5.41) is 0. The van der Waals surface area contributed by atoms with Gasteiger partial charge in [-0.3, -0.25) is 0 Å². The Morgan fingerprint density at radius 1 is 1.05 bits per heavy atom. The van der Waals surface area contributed by atoms with Gasteiger partial charge < -0.3 is 0 Å². The van der Waals surface area contributed by atoms with E-state index in [-0.39, 0.29) is 5.92 Å². The molecule has 2 rings (SSSR count). The van der Waals surface area contributed by atoms with Crippen LogP contribution in [0.2, 0.25) is 0 Å². The number of rotatable bonds is 4. The first-order valence-electron chi connectivity index (χ1n) is 6.38. The molecule has 0 heterocycles. The third-order valence-corrected chi connectivity index (χ3v) is 4.36. The summed E-state index contributed by atoms with van der Waals surface area (Å²) in [4.78, 5) is 0. The van der Waals surface area contributed by atoms with Gasteiger partial charge in [0.2, 0.25) is 0 Å². The molecule has 0 saturated carbocycles. The lowest BCUT2D eigenvalue weighted by Crippen LogP contribution is -2.08. The first-order chi connectivity index (χ1) is 9.91. The molecule has 0 aliphatic carbocycles. The largest absolute Gasteiger partial charge is 0.416 e. The Bertz CT molecular complexity index is 610. The SMILES string of the molecule is FC(F)(F)c1cccc(CC(CCl)c2ccccc2Br)c1. The highest BCUT2D eigenvalue weighted by atomic mass is 79.9. The first-order valence-corrected chi connectivity index (χ1v) is 7.71. The van der Waals surface area contributed by atoms with E-state index in [1.807, 2.05) is 24.3 Å². The Labute approximate surface area is 135 Å². The number of hydrogen-bond donors (Lipinski definition) is 0. The van der Waals surface area contributed by atoms with E-state index < -0.39 is 11.7 Å². The molecule has 0 aromatic heterocycles. The van der Waals surface area contributed by atoms with Gasteiger partial charge in [-0.2, -0.15) is 13.2 Å². The third kappa shape index (κ3) is 4.24. The molecule has 0 radical (unpaired) electrons. The standard InChI is InChI=1S/C16H13BrClF3/c17-15-7-2-1-6-14(15)12(10-18)8-11-4-3-5-13(9-11)16(19,20)21/h1-7,9,12H,8,10H2. The topological polar surface area (TPSA) is 0 Å². The third-order valence-electron chi connectivity index (χ3n) is 3.27. The number of alkyl halides is 4. The van der Waals surface area contributed by atoms with E-state index in [0.29, 0.717) is 17.9 Å². The van der Waals surface area contributed by atoms with Gasteiger partial charge in [0.05, 0.1) is 5.56 Å². The molecule has 5 heteroatoms. The van der Waals surface area contributed by atoms with E-state index in [1.165, 1.54) is 12.1 Å². The highest BCUT2D eigenvalue weighted by molar-refractivity contribution is 9.10. The highest BCUT2D eigenvalue weighted by Gasteiger charge is 2.30. The van der Waals surface area contributed by atoms with E-state index in [4.69, 9.17) is 11.6 Å². The normalized spacial score (nSPS) is 13.2. The number of halogens is 5. The van der Waals surface area contributed by atoms with Gasteiger partial charge in [-0.1, -0.05) is 52.3 Å². The van der Waals surface area contributed by atoms with Gasteiger partial charge in [0.1, 0.15) is 0 Å². The minimum atomic E-state index is -4.32. The number of benzene rings is 2. The summed E-state index contributed by atoms with van der Waals surface area (Å²) < 4.78 is 39.1. The van der Waals surface area contributed by atoms with E-state index in [9.17, 15) is 13.2 Å². The van der Waals surface area contributed by atoms with E-state index in [0.717, 1.165) is 16.1 Å². The van der Waals surface area contributed by atoms with Gasteiger partial charge >= 0.3 is 6.18 Å². The fraction of sp³-hybridized carbons (Fsp3) is 0.250. The zero-order valence-corrected chi connectivity index (χ0v) is 13.3. The zero-order chi connectivity index (χ0) is 15.5. The maximum Gasteiger partial charge on any atom is 0.416 e. The zero-order valence-electron chi connectivity index (χ0n) is 11.0. The number of hydrogen-bond acceptors (Lipinski definition) is 0. The highest BCUT2D eigenvalue weighted by Crippen LogP contribution is 2.32.